The van der Waals surface area contributed by atoms with Crippen molar-refractivity contribution < 1.29 is 14.0 Å². The van der Waals surface area contributed by atoms with Gasteiger partial charge >= 0.3 is 0 Å². The SMILES string of the molecule is COc1ccc(-c2nc(-c3ccccc3Cl)no2)cc1OC. The molecule has 0 saturated heterocycles. The maximum atomic E-state index is 6.14. The number of benzene rings is 2. The summed E-state index contributed by atoms with van der Waals surface area (Å²) in [5.74, 6) is 2.06. The van der Waals surface area contributed by atoms with Crippen molar-refractivity contribution >= 4 is 11.6 Å². The van der Waals surface area contributed by atoms with Crippen LogP contribution >= 0.6 is 11.6 Å². The Labute approximate surface area is 132 Å². The highest BCUT2D eigenvalue weighted by atomic mass is 35.5. The minimum Gasteiger partial charge on any atom is -0.493 e. The van der Waals surface area contributed by atoms with Gasteiger partial charge in [-0.2, -0.15) is 4.98 Å². The smallest absolute Gasteiger partial charge is 0.258 e. The third kappa shape index (κ3) is 2.63. The fourth-order valence-corrected chi connectivity index (χ4v) is 2.28. The van der Waals surface area contributed by atoms with Gasteiger partial charge in [-0.25, -0.2) is 0 Å². The lowest BCUT2D eigenvalue weighted by atomic mass is 10.2. The van der Waals surface area contributed by atoms with Crippen LogP contribution in [0.25, 0.3) is 22.8 Å². The molecule has 112 valence electrons. The van der Waals surface area contributed by atoms with Crippen LogP contribution in [-0.4, -0.2) is 24.4 Å². The number of hydrogen-bond acceptors (Lipinski definition) is 5. The van der Waals surface area contributed by atoms with Gasteiger partial charge in [0.2, 0.25) is 5.82 Å². The van der Waals surface area contributed by atoms with Gasteiger partial charge in [0.15, 0.2) is 11.5 Å². The Morgan fingerprint density at radius 3 is 2.50 bits per heavy atom. The number of rotatable bonds is 4. The van der Waals surface area contributed by atoms with Crippen molar-refractivity contribution in [2.75, 3.05) is 14.2 Å². The summed E-state index contributed by atoms with van der Waals surface area (Å²) in [7, 11) is 3.16. The molecule has 6 heteroatoms. The van der Waals surface area contributed by atoms with Crippen LogP contribution in [0.5, 0.6) is 11.5 Å². The molecule has 0 aliphatic carbocycles. The van der Waals surface area contributed by atoms with Gasteiger partial charge < -0.3 is 14.0 Å². The van der Waals surface area contributed by atoms with Gasteiger partial charge in [0.1, 0.15) is 0 Å². The predicted molar refractivity (Wildman–Crippen MR) is 83.3 cm³/mol. The molecule has 0 spiro atoms. The molecule has 1 aromatic heterocycles. The fourth-order valence-electron chi connectivity index (χ4n) is 2.06. The van der Waals surface area contributed by atoms with Gasteiger partial charge in [-0.05, 0) is 30.3 Å². The predicted octanol–water partition coefficient (Wildman–Crippen LogP) is 4.07. The van der Waals surface area contributed by atoms with E-state index in [0.29, 0.717) is 28.2 Å². The van der Waals surface area contributed by atoms with Gasteiger partial charge in [0.25, 0.3) is 5.89 Å². The van der Waals surface area contributed by atoms with Crippen LogP contribution in [0.2, 0.25) is 5.02 Å². The number of hydrogen-bond donors (Lipinski definition) is 0. The molecule has 0 fully saturated rings. The Kier molecular flexibility index (Phi) is 3.98. The van der Waals surface area contributed by atoms with Crippen molar-refractivity contribution in [3.63, 3.8) is 0 Å². The first-order chi connectivity index (χ1) is 10.7. The molecule has 1 heterocycles. The number of aromatic nitrogens is 2. The van der Waals surface area contributed by atoms with E-state index < -0.39 is 0 Å². The van der Waals surface area contributed by atoms with Crippen LogP contribution < -0.4 is 9.47 Å². The topological polar surface area (TPSA) is 57.4 Å². The first-order valence-corrected chi connectivity index (χ1v) is 6.91. The van der Waals surface area contributed by atoms with Crippen LogP contribution in [0.15, 0.2) is 47.0 Å². The van der Waals surface area contributed by atoms with E-state index in [1.165, 1.54) is 0 Å². The lowest BCUT2D eigenvalue weighted by molar-refractivity contribution is 0.355. The summed E-state index contributed by atoms with van der Waals surface area (Å²) in [5.41, 5.74) is 1.46. The van der Waals surface area contributed by atoms with E-state index in [4.69, 9.17) is 25.6 Å². The van der Waals surface area contributed by atoms with Crippen molar-refractivity contribution in [3.05, 3.63) is 47.5 Å². The molecule has 0 bridgehead atoms. The number of nitrogens with zero attached hydrogens (tertiary/aromatic N) is 2. The Morgan fingerprint density at radius 2 is 1.77 bits per heavy atom. The van der Waals surface area contributed by atoms with Crippen LogP contribution in [-0.2, 0) is 0 Å². The van der Waals surface area contributed by atoms with Crippen molar-refractivity contribution in [2.45, 2.75) is 0 Å². The van der Waals surface area contributed by atoms with E-state index in [2.05, 4.69) is 10.1 Å². The van der Waals surface area contributed by atoms with Crippen LogP contribution in [0, 0.1) is 0 Å². The maximum absolute atomic E-state index is 6.14. The van der Waals surface area contributed by atoms with Crippen molar-refractivity contribution in [3.8, 4) is 34.3 Å². The summed E-state index contributed by atoms with van der Waals surface area (Å²) in [6.07, 6.45) is 0. The third-order valence-corrected chi connectivity index (χ3v) is 3.50. The minimum atomic E-state index is 0.385. The Balaban J connectivity index is 1.99. The molecule has 0 aliphatic heterocycles. The van der Waals surface area contributed by atoms with E-state index >= 15 is 0 Å². The molecule has 0 amide bonds. The number of ether oxygens (including phenoxy) is 2. The second-order valence-corrected chi connectivity index (χ2v) is 4.88. The molecule has 0 saturated carbocycles. The monoisotopic (exact) mass is 316 g/mol. The molecule has 5 nitrogen and oxygen atoms in total. The van der Waals surface area contributed by atoms with E-state index in [1.807, 2.05) is 24.3 Å². The summed E-state index contributed by atoms with van der Waals surface area (Å²) in [6.45, 7) is 0. The molecule has 22 heavy (non-hydrogen) atoms. The fraction of sp³-hybridized carbons (Fsp3) is 0.125. The lowest BCUT2D eigenvalue weighted by Crippen LogP contribution is -1.91. The van der Waals surface area contributed by atoms with E-state index in [9.17, 15) is 0 Å². The molecule has 3 aromatic rings. The summed E-state index contributed by atoms with van der Waals surface area (Å²) in [4.78, 5) is 4.38. The van der Waals surface area contributed by atoms with Gasteiger partial charge in [-0.1, -0.05) is 28.9 Å². The molecule has 0 atom stereocenters. The zero-order valence-corrected chi connectivity index (χ0v) is 12.8. The summed E-state index contributed by atoms with van der Waals surface area (Å²) in [6, 6.07) is 12.7. The average Bonchev–Trinajstić information content (AvgIpc) is 3.04. The largest absolute Gasteiger partial charge is 0.493 e. The van der Waals surface area contributed by atoms with Gasteiger partial charge in [0, 0.05) is 11.1 Å². The van der Waals surface area contributed by atoms with Gasteiger partial charge in [0.05, 0.1) is 19.2 Å². The molecular formula is C16H13ClN2O3. The summed E-state index contributed by atoms with van der Waals surface area (Å²) < 4.78 is 15.8. The average molecular weight is 317 g/mol. The summed E-state index contributed by atoms with van der Waals surface area (Å²) >= 11 is 6.14. The van der Waals surface area contributed by atoms with Gasteiger partial charge in [-0.3, -0.25) is 0 Å². The number of halogens is 1. The minimum absolute atomic E-state index is 0.385. The third-order valence-electron chi connectivity index (χ3n) is 3.17. The molecule has 0 aliphatic rings. The standard InChI is InChI=1S/C16H13ClN2O3/c1-20-13-8-7-10(9-14(13)21-2)16-18-15(19-22-16)11-5-3-4-6-12(11)17/h3-9H,1-2H3. The van der Waals surface area contributed by atoms with E-state index in [0.717, 1.165) is 11.1 Å². The van der Waals surface area contributed by atoms with Crippen LogP contribution in [0.1, 0.15) is 0 Å². The Morgan fingerprint density at radius 1 is 1.00 bits per heavy atom. The molecule has 0 radical (unpaired) electrons. The second kappa shape index (κ2) is 6.07. The van der Waals surface area contributed by atoms with Crippen molar-refractivity contribution in [1.82, 2.24) is 10.1 Å². The Bertz CT molecular complexity index is 802. The highest BCUT2D eigenvalue weighted by molar-refractivity contribution is 6.33. The number of methoxy groups -OCH3 is 2. The molecule has 3 rings (SSSR count). The second-order valence-electron chi connectivity index (χ2n) is 4.47. The highest BCUT2D eigenvalue weighted by Gasteiger charge is 2.14. The lowest BCUT2D eigenvalue weighted by Gasteiger charge is -2.07. The molecule has 0 N–H and O–H groups in total. The quantitative estimate of drug-likeness (QED) is 0.726. The van der Waals surface area contributed by atoms with Crippen molar-refractivity contribution in [2.24, 2.45) is 0 Å². The van der Waals surface area contributed by atoms with E-state index in [-0.39, 0.29) is 0 Å². The normalized spacial score (nSPS) is 10.5. The molecule has 0 unspecified atom stereocenters. The first-order valence-electron chi connectivity index (χ1n) is 6.54. The maximum Gasteiger partial charge on any atom is 0.258 e. The highest BCUT2D eigenvalue weighted by Crippen LogP contribution is 2.33. The Hall–Kier alpha value is -2.53. The van der Waals surface area contributed by atoms with Gasteiger partial charge in [-0.15, -0.1) is 0 Å². The molecular weight excluding hydrogens is 304 g/mol. The first kappa shape index (κ1) is 14.4. The molecule has 2 aromatic carbocycles. The van der Waals surface area contributed by atoms with E-state index in [1.54, 1.807) is 32.4 Å². The zero-order chi connectivity index (χ0) is 15.5. The summed E-state index contributed by atoms with van der Waals surface area (Å²) in [5, 5.41) is 4.55. The van der Waals surface area contributed by atoms with Crippen molar-refractivity contribution in [1.29, 1.82) is 0 Å². The zero-order valence-electron chi connectivity index (χ0n) is 12.0. The van der Waals surface area contributed by atoms with Crippen LogP contribution in [0.4, 0.5) is 0 Å². The van der Waals surface area contributed by atoms with Crippen LogP contribution in [0.3, 0.4) is 0 Å².